The maximum atomic E-state index is 5.60. The van der Waals surface area contributed by atoms with Gasteiger partial charge < -0.3 is 15.2 Å². The summed E-state index contributed by atoms with van der Waals surface area (Å²) in [6, 6.07) is 1.76. The normalized spacial score (nSPS) is 10.1. The van der Waals surface area contributed by atoms with E-state index in [1.54, 1.807) is 26.5 Å². The minimum Gasteiger partial charge on any atom is -0.496 e. The van der Waals surface area contributed by atoms with E-state index in [-0.39, 0.29) is 0 Å². The van der Waals surface area contributed by atoms with Crippen molar-refractivity contribution < 1.29 is 9.47 Å². The smallest absolute Gasteiger partial charge is 0.226 e. The van der Waals surface area contributed by atoms with Gasteiger partial charge in [-0.2, -0.15) is 0 Å². The van der Waals surface area contributed by atoms with E-state index >= 15 is 0 Å². The van der Waals surface area contributed by atoms with E-state index in [9.17, 15) is 0 Å². The first-order chi connectivity index (χ1) is 7.76. The minimum absolute atomic E-state index is 0.477. The van der Waals surface area contributed by atoms with Gasteiger partial charge in [-0.25, -0.2) is 9.97 Å². The van der Waals surface area contributed by atoms with E-state index in [1.165, 1.54) is 11.3 Å². The van der Waals surface area contributed by atoms with Crippen LogP contribution in [0, 0.1) is 0 Å². The number of thiazole rings is 1. The molecule has 0 atom stereocenters. The molecule has 0 spiro atoms. The van der Waals surface area contributed by atoms with Crippen LogP contribution in [0.5, 0.6) is 11.6 Å². The average molecular weight is 237 g/mol. The molecule has 0 aromatic carbocycles. The van der Waals surface area contributed by atoms with Gasteiger partial charge in [0.1, 0.15) is 11.3 Å². The highest BCUT2D eigenvalue weighted by Gasteiger charge is 2.15. The molecule has 0 aliphatic heterocycles. The van der Waals surface area contributed by atoms with Gasteiger partial charge in [0.2, 0.25) is 5.88 Å². The minimum atomic E-state index is 0.477. The third-order valence-corrected chi connectivity index (χ3v) is 2.74. The van der Waals surface area contributed by atoms with Gasteiger partial charge in [-0.15, -0.1) is 11.3 Å². The van der Waals surface area contributed by atoms with Gasteiger partial charge in [-0.1, -0.05) is 0 Å². The molecule has 0 unspecified atom stereocenters. The second-order valence-electron chi connectivity index (χ2n) is 2.97. The first-order valence-corrected chi connectivity index (χ1v) is 5.42. The standard InChI is InChI=1S/C10H11N3O2S/c1-14-7-3-4-12-9(15-2)8(7)6-5-16-10(11)13-6/h3-5H,1-2H3,(H2,11,13). The molecule has 16 heavy (non-hydrogen) atoms. The van der Waals surface area contributed by atoms with Crippen molar-refractivity contribution in [2.45, 2.75) is 0 Å². The molecule has 5 nitrogen and oxygen atoms in total. The van der Waals surface area contributed by atoms with Crippen molar-refractivity contribution in [1.82, 2.24) is 9.97 Å². The number of nitrogen functional groups attached to an aromatic ring is 1. The number of rotatable bonds is 3. The Bertz CT molecular complexity index is 476. The number of nitrogens with two attached hydrogens (primary N) is 1. The van der Waals surface area contributed by atoms with Crippen molar-refractivity contribution in [3.63, 3.8) is 0 Å². The molecule has 0 fully saturated rings. The number of nitrogens with zero attached hydrogens (tertiary/aromatic N) is 2. The maximum absolute atomic E-state index is 5.60. The summed E-state index contributed by atoms with van der Waals surface area (Å²) in [6.07, 6.45) is 1.62. The predicted octanol–water partition coefficient (Wildman–Crippen LogP) is 1.80. The summed E-state index contributed by atoms with van der Waals surface area (Å²) in [5.74, 6) is 1.14. The molecule has 2 heterocycles. The van der Waals surface area contributed by atoms with Crippen LogP contribution in [0.4, 0.5) is 5.13 Å². The molecular weight excluding hydrogens is 226 g/mol. The van der Waals surface area contributed by atoms with Gasteiger partial charge in [0.25, 0.3) is 0 Å². The van der Waals surface area contributed by atoms with Crippen molar-refractivity contribution in [2.24, 2.45) is 0 Å². The quantitative estimate of drug-likeness (QED) is 0.881. The topological polar surface area (TPSA) is 70.3 Å². The SMILES string of the molecule is COc1ccnc(OC)c1-c1csc(N)n1. The molecular formula is C10H11N3O2S. The van der Waals surface area contributed by atoms with E-state index in [1.807, 2.05) is 5.38 Å². The Morgan fingerprint density at radius 1 is 1.31 bits per heavy atom. The molecule has 6 heteroatoms. The average Bonchev–Trinajstić information content (AvgIpc) is 2.74. The van der Waals surface area contributed by atoms with E-state index in [0.29, 0.717) is 22.5 Å². The Balaban J connectivity index is 2.60. The molecule has 0 saturated heterocycles. The fourth-order valence-electron chi connectivity index (χ4n) is 1.39. The number of anilines is 1. The van der Waals surface area contributed by atoms with Gasteiger partial charge in [-0.3, -0.25) is 0 Å². The molecule has 84 valence electrons. The van der Waals surface area contributed by atoms with Crippen molar-refractivity contribution in [3.05, 3.63) is 17.6 Å². The molecule has 0 radical (unpaired) electrons. The molecule has 2 rings (SSSR count). The summed E-state index contributed by atoms with van der Waals surface area (Å²) in [5, 5.41) is 2.35. The van der Waals surface area contributed by atoms with Crippen molar-refractivity contribution >= 4 is 16.5 Å². The fourth-order valence-corrected chi connectivity index (χ4v) is 1.94. The Hall–Kier alpha value is -1.82. The van der Waals surface area contributed by atoms with Crippen LogP contribution < -0.4 is 15.2 Å². The van der Waals surface area contributed by atoms with Crippen molar-refractivity contribution in [3.8, 4) is 22.9 Å². The molecule has 0 saturated carbocycles. The Morgan fingerprint density at radius 3 is 2.69 bits per heavy atom. The third-order valence-electron chi connectivity index (χ3n) is 2.07. The van der Waals surface area contributed by atoms with Crippen LogP contribution in [0.2, 0.25) is 0 Å². The maximum Gasteiger partial charge on any atom is 0.226 e. The largest absolute Gasteiger partial charge is 0.496 e. The van der Waals surface area contributed by atoms with Crippen molar-refractivity contribution in [1.29, 1.82) is 0 Å². The first-order valence-electron chi connectivity index (χ1n) is 4.54. The van der Waals surface area contributed by atoms with Gasteiger partial charge in [-0.05, 0) is 6.07 Å². The lowest BCUT2D eigenvalue weighted by Crippen LogP contribution is -1.95. The predicted molar refractivity (Wildman–Crippen MR) is 62.9 cm³/mol. The van der Waals surface area contributed by atoms with E-state index in [2.05, 4.69) is 9.97 Å². The lowest BCUT2D eigenvalue weighted by atomic mass is 10.2. The highest BCUT2D eigenvalue weighted by Crippen LogP contribution is 2.37. The molecule has 0 amide bonds. The number of ether oxygens (including phenoxy) is 2. The van der Waals surface area contributed by atoms with Crippen LogP contribution in [0.15, 0.2) is 17.6 Å². The summed E-state index contributed by atoms with van der Waals surface area (Å²) in [4.78, 5) is 8.31. The number of pyridine rings is 1. The molecule has 2 N–H and O–H groups in total. The second-order valence-corrected chi connectivity index (χ2v) is 3.86. The van der Waals surface area contributed by atoms with Gasteiger partial charge in [0, 0.05) is 11.6 Å². The summed E-state index contributed by atoms with van der Waals surface area (Å²) in [6.45, 7) is 0. The van der Waals surface area contributed by atoms with Crippen LogP contribution >= 0.6 is 11.3 Å². The summed E-state index contributed by atoms with van der Waals surface area (Å²) in [7, 11) is 3.15. The first kappa shape index (κ1) is 10.7. The third kappa shape index (κ3) is 1.79. The highest BCUT2D eigenvalue weighted by atomic mass is 32.1. The second kappa shape index (κ2) is 4.36. The molecule has 0 bridgehead atoms. The van der Waals surface area contributed by atoms with E-state index < -0.39 is 0 Å². The molecule has 2 aromatic heterocycles. The summed E-state index contributed by atoms with van der Waals surface area (Å²) in [5.41, 5.74) is 7.04. The van der Waals surface area contributed by atoms with Crippen molar-refractivity contribution in [2.75, 3.05) is 20.0 Å². The van der Waals surface area contributed by atoms with Crippen LogP contribution in [-0.2, 0) is 0 Å². The van der Waals surface area contributed by atoms with Crippen LogP contribution in [0.25, 0.3) is 11.3 Å². The Morgan fingerprint density at radius 2 is 2.12 bits per heavy atom. The zero-order chi connectivity index (χ0) is 11.5. The summed E-state index contributed by atoms with van der Waals surface area (Å²) >= 11 is 1.37. The van der Waals surface area contributed by atoms with E-state index in [4.69, 9.17) is 15.2 Å². The zero-order valence-corrected chi connectivity index (χ0v) is 9.75. The Kier molecular flexibility index (Phi) is 2.91. The number of aromatic nitrogens is 2. The Labute approximate surface area is 96.9 Å². The number of hydrogen-bond donors (Lipinski definition) is 1. The van der Waals surface area contributed by atoms with Crippen LogP contribution in [-0.4, -0.2) is 24.2 Å². The van der Waals surface area contributed by atoms with Gasteiger partial charge >= 0.3 is 0 Å². The number of methoxy groups -OCH3 is 2. The van der Waals surface area contributed by atoms with Crippen LogP contribution in [0.1, 0.15) is 0 Å². The number of hydrogen-bond acceptors (Lipinski definition) is 6. The molecule has 2 aromatic rings. The highest BCUT2D eigenvalue weighted by molar-refractivity contribution is 7.13. The summed E-state index contributed by atoms with van der Waals surface area (Å²) < 4.78 is 10.4. The fraction of sp³-hybridized carbons (Fsp3) is 0.200. The lowest BCUT2D eigenvalue weighted by molar-refractivity contribution is 0.385. The van der Waals surface area contributed by atoms with E-state index in [0.717, 1.165) is 5.56 Å². The van der Waals surface area contributed by atoms with Gasteiger partial charge in [0.15, 0.2) is 5.13 Å². The lowest BCUT2D eigenvalue weighted by Gasteiger charge is -2.09. The zero-order valence-electron chi connectivity index (χ0n) is 8.93. The van der Waals surface area contributed by atoms with Crippen LogP contribution in [0.3, 0.4) is 0 Å². The molecule has 0 aliphatic carbocycles. The molecule has 0 aliphatic rings. The monoisotopic (exact) mass is 237 g/mol. The van der Waals surface area contributed by atoms with Gasteiger partial charge in [0.05, 0.1) is 19.9 Å².